The molecule has 18 heavy (non-hydrogen) atoms. The molecule has 0 aliphatic carbocycles. The Morgan fingerprint density at radius 2 is 2.17 bits per heavy atom. The van der Waals surface area contributed by atoms with Crippen LogP contribution in [-0.4, -0.2) is 37.3 Å². The van der Waals surface area contributed by atoms with Crippen molar-refractivity contribution in [2.24, 2.45) is 0 Å². The van der Waals surface area contributed by atoms with E-state index in [1.165, 1.54) is 13.3 Å². The molecule has 0 radical (unpaired) electrons. The van der Waals surface area contributed by atoms with E-state index in [-0.39, 0.29) is 18.7 Å². The zero-order chi connectivity index (χ0) is 13.6. The lowest BCUT2D eigenvalue weighted by Crippen LogP contribution is -2.18. The van der Waals surface area contributed by atoms with Gasteiger partial charge in [0.05, 0.1) is 13.7 Å². The minimum absolute atomic E-state index is 0.0932. The van der Waals surface area contributed by atoms with Crippen molar-refractivity contribution in [2.75, 3.05) is 20.3 Å². The normalized spacial score (nSPS) is 11.3. The summed E-state index contributed by atoms with van der Waals surface area (Å²) in [6, 6.07) is 3.15. The first-order valence-electron chi connectivity index (χ1n) is 5.11. The Kier molecular flexibility index (Phi) is 5.08. The van der Waals surface area contributed by atoms with Gasteiger partial charge in [-0.15, -0.1) is 0 Å². The molecule has 0 N–H and O–H groups in total. The average molecular weight is 263 g/mol. The number of nitrogens with zero attached hydrogens (tertiary/aromatic N) is 1. The second-order valence-electron chi connectivity index (χ2n) is 3.40. The molecule has 4 nitrogen and oxygen atoms in total. The van der Waals surface area contributed by atoms with E-state index in [2.05, 4.69) is 9.72 Å². The number of ketones is 1. The lowest BCUT2D eigenvalue weighted by Gasteiger charge is -2.08. The maximum Gasteiger partial charge on any atom is 0.411 e. The molecule has 0 aliphatic rings. The van der Waals surface area contributed by atoms with E-state index in [1.807, 2.05) is 0 Å². The minimum atomic E-state index is -4.38. The van der Waals surface area contributed by atoms with Crippen LogP contribution in [0.3, 0.4) is 0 Å². The van der Waals surface area contributed by atoms with E-state index in [4.69, 9.17) is 4.74 Å². The summed E-state index contributed by atoms with van der Waals surface area (Å²) in [6.45, 7) is -1.67. The first-order valence-corrected chi connectivity index (χ1v) is 5.11. The number of aromatic nitrogens is 1. The van der Waals surface area contributed by atoms with E-state index >= 15 is 0 Å². The molecule has 100 valence electrons. The molecule has 0 atom stereocenters. The highest BCUT2D eigenvalue weighted by Gasteiger charge is 2.27. The Labute approximate surface area is 102 Å². The van der Waals surface area contributed by atoms with Crippen molar-refractivity contribution in [3.8, 4) is 5.75 Å². The summed E-state index contributed by atoms with van der Waals surface area (Å²) in [7, 11) is 1.38. The molecule has 0 aromatic carbocycles. The van der Waals surface area contributed by atoms with Crippen LogP contribution in [0.25, 0.3) is 0 Å². The van der Waals surface area contributed by atoms with Crippen molar-refractivity contribution in [2.45, 2.75) is 12.6 Å². The highest BCUT2D eigenvalue weighted by molar-refractivity contribution is 5.96. The number of pyridine rings is 1. The van der Waals surface area contributed by atoms with E-state index < -0.39 is 18.6 Å². The third kappa shape index (κ3) is 4.70. The van der Waals surface area contributed by atoms with Gasteiger partial charge in [0.25, 0.3) is 0 Å². The number of Topliss-reactive ketones (excluding diaryl/α,β-unsaturated/α-hetero) is 1. The Morgan fingerprint density at radius 3 is 2.78 bits per heavy atom. The summed E-state index contributed by atoms with van der Waals surface area (Å²) in [5.41, 5.74) is 0.0932. The summed E-state index contributed by atoms with van der Waals surface area (Å²) in [5.74, 6) is -0.132. The molecule has 1 aromatic heterocycles. The second kappa shape index (κ2) is 6.34. The molecule has 0 saturated carbocycles. The molecule has 0 amide bonds. The van der Waals surface area contributed by atoms with Gasteiger partial charge in [-0.1, -0.05) is 0 Å². The molecular formula is C11H12F3NO3. The molecular weight excluding hydrogens is 251 g/mol. The van der Waals surface area contributed by atoms with Gasteiger partial charge in [-0.25, -0.2) is 4.98 Å². The van der Waals surface area contributed by atoms with Gasteiger partial charge in [0.2, 0.25) is 0 Å². The third-order valence-electron chi connectivity index (χ3n) is 1.99. The Bertz CT molecular complexity index is 407. The fourth-order valence-corrected chi connectivity index (χ4v) is 1.24. The van der Waals surface area contributed by atoms with Gasteiger partial charge in [-0.3, -0.25) is 4.79 Å². The van der Waals surface area contributed by atoms with Crippen molar-refractivity contribution in [3.05, 3.63) is 24.0 Å². The first-order chi connectivity index (χ1) is 8.44. The number of ether oxygens (including phenoxy) is 2. The summed E-state index contributed by atoms with van der Waals surface area (Å²) in [6.07, 6.45) is -3.15. The molecule has 1 rings (SSSR count). The van der Waals surface area contributed by atoms with Crippen LogP contribution in [0.15, 0.2) is 18.3 Å². The van der Waals surface area contributed by atoms with E-state index in [9.17, 15) is 18.0 Å². The van der Waals surface area contributed by atoms with Crippen LogP contribution in [0.5, 0.6) is 5.75 Å². The SMILES string of the molecule is COc1cccnc1C(=O)CCOCC(F)(F)F. The molecule has 7 heteroatoms. The van der Waals surface area contributed by atoms with Crippen molar-refractivity contribution in [1.82, 2.24) is 4.98 Å². The average Bonchev–Trinajstić information content (AvgIpc) is 2.33. The van der Waals surface area contributed by atoms with Crippen LogP contribution >= 0.6 is 0 Å². The molecule has 0 bridgehead atoms. The van der Waals surface area contributed by atoms with Crippen LogP contribution < -0.4 is 4.74 Å². The maximum atomic E-state index is 11.8. The van der Waals surface area contributed by atoms with E-state index in [1.54, 1.807) is 12.1 Å². The number of halogens is 3. The van der Waals surface area contributed by atoms with Gasteiger partial charge in [-0.2, -0.15) is 13.2 Å². The van der Waals surface area contributed by atoms with Crippen molar-refractivity contribution < 1.29 is 27.4 Å². The zero-order valence-electron chi connectivity index (χ0n) is 9.66. The minimum Gasteiger partial charge on any atom is -0.494 e. The van der Waals surface area contributed by atoms with Crippen molar-refractivity contribution >= 4 is 5.78 Å². The van der Waals surface area contributed by atoms with Crippen LogP contribution in [0, 0.1) is 0 Å². The molecule has 0 aliphatic heterocycles. The Morgan fingerprint density at radius 1 is 1.44 bits per heavy atom. The van der Waals surface area contributed by atoms with Crippen LogP contribution in [0.1, 0.15) is 16.9 Å². The quantitative estimate of drug-likeness (QED) is 0.583. The fraction of sp³-hybridized carbons (Fsp3) is 0.455. The van der Waals surface area contributed by atoms with Gasteiger partial charge in [0.1, 0.15) is 18.1 Å². The number of alkyl halides is 3. The van der Waals surface area contributed by atoms with E-state index in [0.717, 1.165) is 0 Å². The molecule has 0 unspecified atom stereocenters. The monoisotopic (exact) mass is 263 g/mol. The molecule has 0 saturated heterocycles. The number of rotatable bonds is 6. The smallest absolute Gasteiger partial charge is 0.411 e. The third-order valence-corrected chi connectivity index (χ3v) is 1.99. The summed E-state index contributed by atoms with van der Waals surface area (Å²) in [5, 5.41) is 0. The van der Waals surface area contributed by atoms with Gasteiger partial charge >= 0.3 is 6.18 Å². The Balaban J connectivity index is 2.46. The summed E-state index contributed by atoms with van der Waals surface area (Å²) >= 11 is 0. The Hall–Kier alpha value is -1.63. The van der Waals surface area contributed by atoms with Gasteiger partial charge in [-0.05, 0) is 12.1 Å². The number of methoxy groups -OCH3 is 1. The van der Waals surface area contributed by atoms with Gasteiger partial charge in [0.15, 0.2) is 5.78 Å². The summed E-state index contributed by atoms with van der Waals surface area (Å²) in [4.78, 5) is 15.5. The van der Waals surface area contributed by atoms with Crippen LogP contribution in [0.2, 0.25) is 0 Å². The maximum absolute atomic E-state index is 11.8. The van der Waals surface area contributed by atoms with Crippen molar-refractivity contribution in [1.29, 1.82) is 0 Å². The fourth-order valence-electron chi connectivity index (χ4n) is 1.24. The number of hydrogen-bond acceptors (Lipinski definition) is 4. The second-order valence-corrected chi connectivity index (χ2v) is 3.40. The topological polar surface area (TPSA) is 48.4 Å². The van der Waals surface area contributed by atoms with Gasteiger partial charge in [0, 0.05) is 12.6 Å². The van der Waals surface area contributed by atoms with E-state index in [0.29, 0.717) is 5.75 Å². The molecule has 0 fully saturated rings. The molecule has 1 aromatic rings. The zero-order valence-corrected chi connectivity index (χ0v) is 9.66. The lowest BCUT2D eigenvalue weighted by molar-refractivity contribution is -0.173. The highest BCUT2D eigenvalue weighted by Crippen LogP contribution is 2.17. The van der Waals surface area contributed by atoms with Crippen LogP contribution in [-0.2, 0) is 4.74 Å². The first kappa shape index (κ1) is 14.4. The summed E-state index contributed by atoms with van der Waals surface area (Å²) < 4.78 is 44.6. The van der Waals surface area contributed by atoms with Crippen LogP contribution in [0.4, 0.5) is 13.2 Å². The standard InChI is InChI=1S/C11H12F3NO3/c1-17-9-3-2-5-15-10(9)8(16)4-6-18-7-11(12,13)14/h2-3,5H,4,6-7H2,1H3. The van der Waals surface area contributed by atoms with Gasteiger partial charge < -0.3 is 9.47 Å². The predicted octanol–water partition coefficient (Wildman–Crippen LogP) is 2.24. The molecule has 0 spiro atoms. The lowest BCUT2D eigenvalue weighted by atomic mass is 10.2. The number of hydrogen-bond donors (Lipinski definition) is 0. The number of carbonyl (C=O) groups is 1. The van der Waals surface area contributed by atoms with Crippen molar-refractivity contribution in [3.63, 3.8) is 0 Å². The predicted molar refractivity (Wildman–Crippen MR) is 56.6 cm³/mol. The number of carbonyl (C=O) groups excluding carboxylic acids is 1. The highest BCUT2D eigenvalue weighted by atomic mass is 19.4. The largest absolute Gasteiger partial charge is 0.494 e. The molecule has 1 heterocycles.